The van der Waals surface area contributed by atoms with Crippen molar-refractivity contribution in [2.75, 3.05) is 0 Å². The molecule has 4 nitrogen and oxygen atoms in total. The van der Waals surface area contributed by atoms with Crippen molar-refractivity contribution in [3.8, 4) is 0 Å². The van der Waals surface area contributed by atoms with Gasteiger partial charge in [-0.2, -0.15) is 0 Å². The molecule has 0 atom stereocenters. The van der Waals surface area contributed by atoms with Crippen LogP contribution in [0, 0.1) is 15.3 Å². The van der Waals surface area contributed by atoms with Gasteiger partial charge in [-0.15, -0.1) is 0 Å². The molecule has 0 aromatic rings. The van der Waals surface area contributed by atoms with Gasteiger partial charge in [-0.05, 0) is 0 Å². The fourth-order valence-corrected chi connectivity index (χ4v) is 0. The van der Waals surface area contributed by atoms with Gasteiger partial charge in [0, 0.05) is 0 Å². The van der Waals surface area contributed by atoms with Crippen LogP contribution in [0.25, 0.3) is 0 Å². The van der Waals surface area contributed by atoms with Crippen molar-refractivity contribution in [3.05, 3.63) is 15.3 Å². The summed E-state index contributed by atoms with van der Waals surface area (Å²) in [6, 6.07) is 0. The zero-order valence-electron chi connectivity index (χ0n) is 2.67. The third-order valence-corrected chi connectivity index (χ3v) is 0. The third-order valence-electron chi connectivity index (χ3n) is 0. The molecule has 5 heavy (non-hydrogen) atoms. The number of hydrogen-bond acceptors (Lipinski definition) is 3. The second-order valence-electron chi connectivity index (χ2n) is 0.224. The quantitative estimate of drug-likeness (QED) is 0.135. The van der Waals surface area contributed by atoms with Crippen molar-refractivity contribution < 1.29 is 34.6 Å². The standard InChI is InChI=1S/NO3.Na/c2-1(3)4;/q-1;+1/i2+2;. The van der Waals surface area contributed by atoms with E-state index in [-0.39, 0.29) is 29.6 Å². The van der Waals surface area contributed by atoms with Gasteiger partial charge in [0.05, 0.1) is 5.09 Å². The Bertz CT molecular complexity index is 29.9. The summed E-state index contributed by atoms with van der Waals surface area (Å²) in [5.74, 6) is 0. The maximum atomic E-state index is 8.25. The molecule has 0 aromatic carbocycles. The molecular weight excluding hydrogens is 87.0 g/mol. The van der Waals surface area contributed by atoms with Crippen molar-refractivity contribution in [1.82, 2.24) is 0 Å². The van der Waals surface area contributed by atoms with Gasteiger partial charge in [0.25, 0.3) is 0 Å². The van der Waals surface area contributed by atoms with Gasteiger partial charge < -0.3 is 15.3 Å². The third kappa shape index (κ3) is 508. The van der Waals surface area contributed by atoms with Crippen LogP contribution >= 0.6 is 0 Å². The normalized spacial score (nSPS) is 4.80. The summed E-state index contributed by atoms with van der Waals surface area (Å²) >= 11 is 0. The molecule has 0 aliphatic rings. The minimum Gasteiger partial charge on any atom is -0.356 e. The van der Waals surface area contributed by atoms with Crippen LogP contribution in [-0.4, -0.2) is 5.09 Å². The summed E-state index contributed by atoms with van der Waals surface area (Å²) in [4.78, 5) is 8.25. The van der Waals surface area contributed by atoms with Crippen molar-refractivity contribution in [2.45, 2.75) is 0 Å². The minimum absolute atomic E-state index is 0. The molecule has 0 N–H and O–H groups in total. The summed E-state index contributed by atoms with van der Waals surface area (Å²) in [5, 5.41) is 14.8. The molecule has 0 saturated heterocycles. The topological polar surface area (TPSA) is 66.2 Å². The molecule has 0 bridgehead atoms. The smallest absolute Gasteiger partial charge is 0.356 e. The zero-order chi connectivity index (χ0) is 3.58. The van der Waals surface area contributed by atoms with Gasteiger partial charge >= 0.3 is 29.6 Å². The van der Waals surface area contributed by atoms with Gasteiger partial charge in [-0.1, -0.05) is 0 Å². The molecule has 0 unspecified atom stereocenters. The summed E-state index contributed by atoms with van der Waals surface area (Å²) in [6.07, 6.45) is 0. The molecule has 0 spiro atoms. The Morgan fingerprint density at radius 3 is 1.40 bits per heavy atom. The Morgan fingerprint density at radius 1 is 1.40 bits per heavy atom. The summed E-state index contributed by atoms with van der Waals surface area (Å²) in [6.45, 7) is 0. The van der Waals surface area contributed by atoms with Crippen molar-refractivity contribution in [3.63, 3.8) is 0 Å². The van der Waals surface area contributed by atoms with E-state index >= 15 is 0 Å². The fourth-order valence-electron chi connectivity index (χ4n) is 0. The van der Waals surface area contributed by atoms with Gasteiger partial charge in [-0.25, -0.2) is 0 Å². The molecule has 0 aromatic heterocycles. The Hall–Kier alpha value is 0.200. The second-order valence-corrected chi connectivity index (χ2v) is 0.224. The Morgan fingerprint density at radius 2 is 1.40 bits per heavy atom. The van der Waals surface area contributed by atoms with Crippen molar-refractivity contribution in [2.24, 2.45) is 0 Å². The Kier molecular flexibility index (Phi) is 7.52. The van der Waals surface area contributed by atoms with Gasteiger partial charge in [0.1, 0.15) is 0 Å². The van der Waals surface area contributed by atoms with Crippen LogP contribution in [0.4, 0.5) is 0 Å². The van der Waals surface area contributed by atoms with Crippen LogP contribution in [-0.2, 0) is 0 Å². The van der Waals surface area contributed by atoms with E-state index in [1.54, 1.807) is 0 Å². The van der Waals surface area contributed by atoms with Crippen LogP contribution in [0.3, 0.4) is 0 Å². The van der Waals surface area contributed by atoms with E-state index in [0.717, 1.165) is 0 Å². The molecule has 0 fully saturated rings. The second kappa shape index (κ2) is 4.20. The molecule has 5 heteroatoms. The van der Waals surface area contributed by atoms with Crippen LogP contribution < -0.4 is 29.6 Å². The first-order chi connectivity index (χ1) is 1.73. The maximum Gasteiger partial charge on any atom is 1.00 e. The molecule has 24 valence electrons. The zero-order valence-corrected chi connectivity index (χ0v) is 4.67. The average Bonchev–Trinajstić information content (AvgIpc) is 0.811. The molecule has 0 heterocycles. The summed E-state index contributed by atoms with van der Waals surface area (Å²) < 4.78 is 0. The largest absolute Gasteiger partial charge is 1.00 e. The van der Waals surface area contributed by atoms with Crippen molar-refractivity contribution in [1.29, 1.82) is 0 Å². The van der Waals surface area contributed by atoms with E-state index < -0.39 is 5.09 Å². The van der Waals surface area contributed by atoms with E-state index in [1.807, 2.05) is 0 Å². The van der Waals surface area contributed by atoms with E-state index in [9.17, 15) is 0 Å². The van der Waals surface area contributed by atoms with Crippen LogP contribution in [0.1, 0.15) is 0 Å². The molecule has 0 radical (unpaired) electrons. The molecular formula is NNaO3. The van der Waals surface area contributed by atoms with Crippen LogP contribution in [0.5, 0.6) is 0 Å². The predicted octanol–water partition coefficient (Wildman–Crippen LogP) is -3.24. The number of hydrogen-bond donors (Lipinski definition) is 0. The average molecular weight is 87.0 g/mol. The van der Waals surface area contributed by atoms with Crippen molar-refractivity contribution >= 4 is 0 Å². The fraction of sp³-hybridized carbons (Fsp3) is 0. The van der Waals surface area contributed by atoms with Crippen LogP contribution in [0.15, 0.2) is 0 Å². The minimum atomic E-state index is -1.75. The summed E-state index contributed by atoms with van der Waals surface area (Å²) in [5.41, 5.74) is 0. The number of nitrogens with zero attached hydrogens (tertiary/aromatic N) is 1. The first-order valence-electron chi connectivity index (χ1n) is 0.548. The first kappa shape index (κ1) is 8.96. The maximum absolute atomic E-state index is 8.25. The molecule has 0 amide bonds. The Labute approximate surface area is 50.2 Å². The Balaban J connectivity index is 0. The van der Waals surface area contributed by atoms with E-state index in [2.05, 4.69) is 0 Å². The first-order valence-corrected chi connectivity index (χ1v) is 0.548. The molecule has 0 saturated carbocycles. The van der Waals surface area contributed by atoms with E-state index in [0.29, 0.717) is 0 Å². The molecule has 0 rings (SSSR count). The van der Waals surface area contributed by atoms with E-state index in [4.69, 9.17) is 15.3 Å². The summed E-state index contributed by atoms with van der Waals surface area (Å²) in [7, 11) is 0. The molecule has 0 aliphatic carbocycles. The molecule has 0 aliphatic heterocycles. The van der Waals surface area contributed by atoms with E-state index in [1.165, 1.54) is 0 Å². The van der Waals surface area contributed by atoms with Gasteiger partial charge in [0.2, 0.25) is 0 Å². The predicted molar refractivity (Wildman–Crippen MR) is 10.4 cm³/mol. The SMILES string of the molecule is [Na+].[O-][N+]([O-])=[18O]. The van der Waals surface area contributed by atoms with Gasteiger partial charge in [-0.3, -0.25) is 0 Å². The number of rotatable bonds is 0. The van der Waals surface area contributed by atoms with Gasteiger partial charge in [0.15, 0.2) is 0 Å². The monoisotopic (exact) mass is 87.0 g/mol. The van der Waals surface area contributed by atoms with Crippen LogP contribution in [0.2, 0.25) is 0 Å².